The quantitative estimate of drug-likeness (QED) is 0.564. The van der Waals surface area contributed by atoms with Gasteiger partial charge in [-0.2, -0.15) is 0 Å². The van der Waals surface area contributed by atoms with Crippen LogP contribution in [0.1, 0.15) is 41.3 Å². The number of β-amino-alcohol motifs (C(OH)–C–C–N with tert-alkyl or cyclic N) is 1. The van der Waals surface area contributed by atoms with E-state index in [4.69, 9.17) is 4.74 Å². The summed E-state index contributed by atoms with van der Waals surface area (Å²) >= 11 is 0. The summed E-state index contributed by atoms with van der Waals surface area (Å²) in [5.41, 5.74) is 3.28. The molecule has 2 atom stereocenters. The summed E-state index contributed by atoms with van der Waals surface area (Å²) in [4.78, 5) is 16.9. The molecule has 0 spiro atoms. The summed E-state index contributed by atoms with van der Waals surface area (Å²) in [5.74, 6) is 0.594. The topological polar surface area (TPSA) is 65.0 Å². The molecule has 0 fully saturated rings. The van der Waals surface area contributed by atoms with Gasteiger partial charge in [-0.05, 0) is 68.8 Å². The van der Waals surface area contributed by atoms with E-state index in [1.165, 1.54) is 11.1 Å². The van der Waals surface area contributed by atoms with Gasteiger partial charge < -0.3 is 20.1 Å². The number of benzene rings is 2. The van der Waals surface area contributed by atoms with E-state index in [0.29, 0.717) is 12.1 Å². The van der Waals surface area contributed by atoms with E-state index >= 15 is 0 Å². The molecule has 0 aromatic heterocycles. The van der Waals surface area contributed by atoms with Crippen LogP contribution in [0.15, 0.2) is 48.5 Å². The van der Waals surface area contributed by atoms with Crippen LogP contribution in [0, 0.1) is 0 Å². The average Bonchev–Trinajstić information content (AvgIpc) is 2.80. The molecule has 0 saturated heterocycles. The smallest absolute Gasteiger partial charge is 0.251 e. The number of aliphatic hydroxyl groups is 1. The lowest BCUT2D eigenvalue weighted by atomic mass is 10.00. The molecule has 6 heteroatoms. The van der Waals surface area contributed by atoms with Crippen LogP contribution < -0.4 is 10.1 Å². The number of carbonyl (C=O) groups excluding carboxylic acids is 1. The van der Waals surface area contributed by atoms with Gasteiger partial charge in [-0.15, -0.1) is 0 Å². The van der Waals surface area contributed by atoms with Crippen molar-refractivity contribution >= 4 is 5.91 Å². The molecule has 0 aliphatic carbocycles. The lowest BCUT2D eigenvalue weighted by molar-refractivity contribution is 0.0841. The Morgan fingerprint density at radius 3 is 2.56 bits per heavy atom. The number of nitrogens with one attached hydrogen (secondary N) is 1. The van der Waals surface area contributed by atoms with Crippen molar-refractivity contribution in [1.29, 1.82) is 0 Å². The maximum Gasteiger partial charge on any atom is 0.251 e. The Morgan fingerprint density at radius 2 is 1.88 bits per heavy atom. The fourth-order valence-corrected chi connectivity index (χ4v) is 4.01. The van der Waals surface area contributed by atoms with Gasteiger partial charge in [0.05, 0.1) is 12.2 Å². The van der Waals surface area contributed by atoms with Gasteiger partial charge in [0.25, 0.3) is 5.91 Å². The van der Waals surface area contributed by atoms with Crippen LogP contribution in [0.2, 0.25) is 0 Å². The highest BCUT2D eigenvalue weighted by atomic mass is 16.5. The SMILES string of the molecule is CCC(CCN(C)C)Oc1ccc(C(=O)NCC(O)CN2CCc3ccccc3C2)cc1. The zero-order valence-electron chi connectivity index (χ0n) is 19.6. The summed E-state index contributed by atoms with van der Waals surface area (Å²) in [5, 5.41) is 13.3. The zero-order valence-corrected chi connectivity index (χ0v) is 19.6. The molecule has 1 aliphatic rings. The lowest BCUT2D eigenvalue weighted by Crippen LogP contribution is -2.42. The third-order valence-corrected chi connectivity index (χ3v) is 5.95. The van der Waals surface area contributed by atoms with E-state index in [9.17, 15) is 9.90 Å². The van der Waals surface area contributed by atoms with E-state index in [0.717, 1.165) is 44.6 Å². The molecule has 0 saturated carbocycles. The molecule has 2 unspecified atom stereocenters. The van der Waals surface area contributed by atoms with Crippen molar-refractivity contribution in [2.45, 2.75) is 44.9 Å². The Balaban J connectivity index is 1.42. The van der Waals surface area contributed by atoms with Gasteiger partial charge in [-0.3, -0.25) is 9.69 Å². The van der Waals surface area contributed by atoms with Gasteiger partial charge in [0.1, 0.15) is 5.75 Å². The number of rotatable bonds is 11. The molecule has 2 N–H and O–H groups in total. The Bertz CT molecular complexity index is 854. The third kappa shape index (κ3) is 7.33. The van der Waals surface area contributed by atoms with Crippen molar-refractivity contribution in [3.05, 3.63) is 65.2 Å². The molecule has 6 nitrogen and oxygen atoms in total. The third-order valence-electron chi connectivity index (χ3n) is 5.95. The van der Waals surface area contributed by atoms with Crippen molar-refractivity contribution in [3.8, 4) is 5.75 Å². The van der Waals surface area contributed by atoms with Gasteiger partial charge in [0, 0.05) is 38.3 Å². The number of hydrogen-bond acceptors (Lipinski definition) is 5. The van der Waals surface area contributed by atoms with Crippen LogP contribution in [0.25, 0.3) is 0 Å². The van der Waals surface area contributed by atoms with Crippen LogP contribution in [0.5, 0.6) is 5.75 Å². The molecule has 1 amide bonds. The Morgan fingerprint density at radius 1 is 1.16 bits per heavy atom. The molecule has 1 aliphatic heterocycles. The number of hydrogen-bond donors (Lipinski definition) is 2. The maximum atomic E-state index is 12.5. The standard InChI is InChI=1S/C26H37N3O3/c1-4-24(14-15-28(2)3)32-25-11-9-21(10-12-25)26(31)27-17-23(30)19-29-16-13-20-7-5-6-8-22(20)18-29/h5-12,23-24,30H,4,13-19H2,1-3H3,(H,27,31). The van der Waals surface area contributed by atoms with E-state index in [2.05, 4.69) is 60.4 Å². The molecule has 174 valence electrons. The van der Waals surface area contributed by atoms with Crippen molar-refractivity contribution in [2.75, 3.05) is 40.3 Å². The van der Waals surface area contributed by atoms with Crippen LogP contribution in [0.4, 0.5) is 0 Å². The fourth-order valence-electron chi connectivity index (χ4n) is 4.01. The second-order valence-corrected chi connectivity index (χ2v) is 8.88. The van der Waals surface area contributed by atoms with Crippen molar-refractivity contribution < 1.29 is 14.6 Å². The second kappa shape index (κ2) is 12.0. The summed E-state index contributed by atoms with van der Waals surface area (Å²) < 4.78 is 6.05. The monoisotopic (exact) mass is 439 g/mol. The molecule has 2 aromatic carbocycles. The first-order valence-electron chi connectivity index (χ1n) is 11.6. The number of fused-ring (bicyclic) bond motifs is 1. The lowest BCUT2D eigenvalue weighted by Gasteiger charge is -2.30. The minimum Gasteiger partial charge on any atom is -0.490 e. The van der Waals surface area contributed by atoms with Crippen molar-refractivity contribution in [1.82, 2.24) is 15.1 Å². The van der Waals surface area contributed by atoms with Crippen molar-refractivity contribution in [3.63, 3.8) is 0 Å². The van der Waals surface area contributed by atoms with Crippen LogP contribution in [-0.2, 0) is 13.0 Å². The van der Waals surface area contributed by atoms with Gasteiger partial charge in [-0.25, -0.2) is 0 Å². The first-order chi connectivity index (χ1) is 15.4. The molecule has 3 rings (SSSR count). The van der Waals surface area contributed by atoms with Crippen LogP contribution in [0.3, 0.4) is 0 Å². The fraction of sp³-hybridized carbons (Fsp3) is 0.500. The molecule has 32 heavy (non-hydrogen) atoms. The first-order valence-corrected chi connectivity index (χ1v) is 11.6. The average molecular weight is 440 g/mol. The second-order valence-electron chi connectivity index (χ2n) is 8.88. The molecular weight excluding hydrogens is 402 g/mol. The predicted octanol–water partition coefficient (Wildman–Crippen LogP) is 2.94. The van der Waals surface area contributed by atoms with Crippen molar-refractivity contribution in [2.24, 2.45) is 0 Å². The summed E-state index contributed by atoms with van der Waals surface area (Å²) in [7, 11) is 4.12. The molecule has 1 heterocycles. The number of carbonyl (C=O) groups is 1. The Labute approximate surface area is 192 Å². The normalized spacial score (nSPS) is 15.8. The summed E-state index contributed by atoms with van der Waals surface area (Å²) in [6, 6.07) is 15.7. The van der Waals surface area contributed by atoms with Gasteiger partial charge in [0.15, 0.2) is 0 Å². The molecule has 0 radical (unpaired) electrons. The van der Waals surface area contributed by atoms with E-state index in [-0.39, 0.29) is 18.6 Å². The number of amides is 1. The van der Waals surface area contributed by atoms with Gasteiger partial charge >= 0.3 is 0 Å². The first kappa shape index (κ1) is 24.2. The van der Waals surface area contributed by atoms with Crippen LogP contribution in [-0.4, -0.2) is 73.3 Å². The highest BCUT2D eigenvalue weighted by Gasteiger charge is 2.19. The highest BCUT2D eigenvalue weighted by molar-refractivity contribution is 5.94. The highest BCUT2D eigenvalue weighted by Crippen LogP contribution is 2.19. The minimum absolute atomic E-state index is 0.161. The molecule has 2 aromatic rings. The van der Waals surface area contributed by atoms with E-state index < -0.39 is 6.10 Å². The Hall–Kier alpha value is -2.41. The molecule has 0 bridgehead atoms. The largest absolute Gasteiger partial charge is 0.490 e. The zero-order chi connectivity index (χ0) is 22.9. The van der Waals surface area contributed by atoms with E-state index in [1.54, 1.807) is 12.1 Å². The number of nitrogens with zero attached hydrogens (tertiary/aromatic N) is 2. The summed E-state index contributed by atoms with van der Waals surface area (Å²) in [6.07, 6.45) is 2.46. The Kier molecular flexibility index (Phi) is 9.09. The number of aliphatic hydroxyl groups excluding tert-OH is 1. The van der Waals surface area contributed by atoms with Gasteiger partial charge in [0.2, 0.25) is 0 Å². The number of ether oxygens (including phenoxy) is 1. The van der Waals surface area contributed by atoms with Crippen LogP contribution >= 0.6 is 0 Å². The summed E-state index contributed by atoms with van der Waals surface area (Å²) in [6.45, 7) is 5.65. The molecular formula is C26H37N3O3. The maximum absolute atomic E-state index is 12.5. The van der Waals surface area contributed by atoms with Gasteiger partial charge in [-0.1, -0.05) is 31.2 Å². The van der Waals surface area contributed by atoms with E-state index in [1.807, 2.05) is 12.1 Å². The minimum atomic E-state index is -0.603. The predicted molar refractivity (Wildman–Crippen MR) is 128 cm³/mol.